The standard InChI is InChI=1S/C17H17ClN2O3S2/c18-13-3-5-14(6-4-13)19-25(22,23)16-9-12-10-20(8-7-15(12)24-16)17(21)11-1-2-11/h3-6,9,11,19H,1-2,7-8,10H2. The maximum Gasteiger partial charge on any atom is 0.271 e. The third-order valence-corrected chi connectivity index (χ3v) is 7.79. The van der Waals surface area contributed by atoms with Crippen LogP contribution in [0.25, 0.3) is 0 Å². The van der Waals surface area contributed by atoms with E-state index in [-0.39, 0.29) is 16.0 Å². The Morgan fingerprint density at radius 2 is 1.96 bits per heavy atom. The van der Waals surface area contributed by atoms with E-state index in [2.05, 4.69) is 4.72 Å². The summed E-state index contributed by atoms with van der Waals surface area (Å²) in [6.45, 7) is 1.19. The van der Waals surface area contributed by atoms with E-state index in [1.807, 2.05) is 4.90 Å². The van der Waals surface area contributed by atoms with Gasteiger partial charge in [0.1, 0.15) is 4.21 Å². The number of sulfonamides is 1. The third-order valence-electron chi connectivity index (χ3n) is 4.44. The number of carbonyl (C=O) groups excluding carboxylic acids is 1. The van der Waals surface area contributed by atoms with Gasteiger partial charge in [0.15, 0.2) is 0 Å². The van der Waals surface area contributed by atoms with E-state index < -0.39 is 10.0 Å². The molecule has 0 saturated heterocycles. The molecule has 5 nitrogen and oxygen atoms in total. The molecular weight excluding hydrogens is 380 g/mol. The zero-order valence-corrected chi connectivity index (χ0v) is 15.8. The number of benzene rings is 1. The van der Waals surface area contributed by atoms with Crippen LogP contribution >= 0.6 is 22.9 Å². The van der Waals surface area contributed by atoms with Crippen molar-refractivity contribution in [3.05, 3.63) is 45.8 Å². The fourth-order valence-corrected chi connectivity index (χ4v) is 5.67. The van der Waals surface area contributed by atoms with Crippen LogP contribution in [0.5, 0.6) is 0 Å². The Bertz CT molecular complexity index is 918. The van der Waals surface area contributed by atoms with Crippen LogP contribution in [0.3, 0.4) is 0 Å². The van der Waals surface area contributed by atoms with Crippen molar-refractivity contribution >= 4 is 44.6 Å². The van der Waals surface area contributed by atoms with Gasteiger partial charge in [-0.25, -0.2) is 8.42 Å². The predicted molar refractivity (Wildman–Crippen MR) is 98.4 cm³/mol. The first-order chi connectivity index (χ1) is 11.9. The maximum atomic E-state index is 12.6. The molecule has 1 N–H and O–H groups in total. The van der Waals surface area contributed by atoms with Gasteiger partial charge in [-0.3, -0.25) is 9.52 Å². The summed E-state index contributed by atoms with van der Waals surface area (Å²) in [5.74, 6) is 0.399. The number of halogens is 1. The normalized spacial score (nSPS) is 17.2. The lowest BCUT2D eigenvalue weighted by Crippen LogP contribution is -2.36. The Morgan fingerprint density at radius 3 is 2.64 bits per heavy atom. The molecule has 0 unspecified atom stereocenters. The molecule has 8 heteroatoms. The first-order valence-corrected chi connectivity index (χ1v) is 10.8. The van der Waals surface area contributed by atoms with Crippen LogP contribution in [0.2, 0.25) is 5.02 Å². The number of nitrogens with zero attached hydrogens (tertiary/aromatic N) is 1. The Labute approximate surface area is 155 Å². The maximum absolute atomic E-state index is 12.6. The molecule has 1 aliphatic heterocycles. The van der Waals surface area contributed by atoms with Gasteiger partial charge >= 0.3 is 0 Å². The topological polar surface area (TPSA) is 66.5 Å². The van der Waals surface area contributed by atoms with E-state index in [0.717, 1.165) is 29.7 Å². The molecule has 132 valence electrons. The van der Waals surface area contributed by atoms with Gasteiger partial charge in [0.2, 0.25) is 5.91 Å². The van der Waals surface area contributed by atoms with Crippen LogP contribution in [-0.4, -0.2) is 25.8 Å². The molecular formula is C17H17ClN2O3S2. The third kappa shape index (κ3) is 3.54. The van der Waals surface area contributed by atoms with Gasteiger partial charge in [-0.2, -0.15) is 0 Å². The number of nitrogens with one attached hydrogen (secondary N) is 1. The molecule has 1 saturated carbocycles. The summed E-state index contributed by atoms with van der Waals surface area (Å²) in [5, 5.41) is 0.551. The SMILES string of the molecule is O=C(C1CC1)N1CCc2sc(S(=O)(=O)Nc3ccc(Cl)cc3)cc2C1. The van der Waals surface area contributed by atoms with E-state index >= 15 is 0 Å². The number of carbonyl (C=O) groups is 1. The first-order valence-electron chi connectivity index (χ1n) is 8.11. The average Bonchev–Trinajstić information content (AvgIpc) is 3.34. The second kappa shape index (κ2) is 6.30. The molecule has 1 aliphatic carbocycles. The lowest BCUT2D eigenvalue weighted by Gasteiger charge is -2.26. The molecule has 1 aromatic carbocycles. The zero-order valence-electron chi connectivity index (χ0n) is 13.4. The molecule has 0 radical (unpaired) electrons. The molecule has 1 fully saturated rings. The Kier molecular flexibility index (Phi) is 4.25. The summed E-state index contributed by atoms with van der Waals surface area (Å²) in [6, 6.07) is 8.23. The van der Waals surface area contributed by atoms with Crippen molar-refractivity contribution in [2.24, 2.45) is 5.92 Å². The molecule has 2 aromatic rings. The van der Waals surface area contributed by atoms with E-state index in [1.54, 1.807) is 30.3 Å². The monoisotopic (exact) mass is 396 g/mol. The minimum Gasteiger partial charge on any atom is -0.338 e. The van der Waals surface area contributed by atoms with Gasteiger partial charge in [-0.1, -0.05) is 11.6 Å². The van der Waals surface area contributed by atoms with Crippen LogP contribution in [0, 0.1) is 5.92 Å². The van der Waals surface area contributed by atoms with E-state index in [1.165, 1.54) is 11.3 Å². The predicted octanol–water partition coefficient (Wildman–Crippen LogP) is 3.50. The lowest BCUT2D eigenvalue weighted by molar-refractivity contribution is -0.133. The molecule has 0 spiro atoms. The molecule has 1 amide bonds. The summed E-state index contributed by atoms with van der Waals surface area (Å²) in [4.78, 5) is 15.1. The van der Waals surface area contributed by atoms with Gasteiger partial charge in [0.25, 0.3) is 10.0 Å². The largest absolute Gasteiger partial charge is 0.338 e. The molecule has 1 aromatic heterocycles. The van der Waals surface area contributed by atoms with Crippen LogP contribution in [0.15, 0.2) is 34.5 Å². The molecule has 4 rings (SSSR count). The number of rotatable bonds is 4. The lowest BCUT2D eigenvalue weighted by atomic mass is 10.1. The summed E-state index contributed by atoms with van der Waals surface area (Å²) < 4.78 is 28.1. The van der Waals surface area contributed by atoms with Crippen molar-refractivity contribution in [3.8, 4) is 0 Å². The molecule has 0 atom stereocenters. The average molecular weight is 397 g/mol. The highest BCUT2D eigenvalue weighted by atomic mass is 35.5. The van der Waals surface area contributed by atoms with Crippen LogP contribution in [0.4, 0.5) is 5.69 Å². The second-order valence-corrected chi connectivity index (χ2v) is 9.89. The van der Waals surface area contributed by atoms with E-state index in [9.17, 15) is 13.2 Å². The van der Waals surface area contributed by atoms with Crippen molar-refractivity contribution in [2.45, 2.75) is 30.0 Å². The van der Waals surface area contributed by atoms with Gasteiger partial charge in [0.05, 0.1) is 0 Å². The fourth-order valence-electron chi connectivity index (χ4n) is 2.94. The summed E-state index contributed by atoms with van der Waals surface area (Å²) in [6.07, 6.45) is 2.68. The molecule has 0 bridgehead atoms. The molecule has 25 heavy (non-hydrogen) atoms. The van der Waals surface area contributed by atoms with Gasteiger partial charge in [-0.05, 0) is 55.2 Å². The zero-order chi connectivity index (χ0) is 17.6. The quantitative estimate of drug-likeness (QED) is 0.860. The summed E-state index contributed by atoms with van der Waals surface area (Å²) >= 11 is 7.11. The minimum absolute atomic E-state index is 0.190. The Hall–Kier alpha value is -1.57. The summed E-state index contributed by atoms with van der Waals surface area (Å²) in [7, 11) is -3.64. The number of hydrogen-bond acceptors (Lipinski definition) is 4. The van der Waals surface area contributed by atoms with Crippen molar-refractivity contribution < 1.29 is 13.2 Å². The smallest absolute Gasteiger partial charge is 0.271 e. The number of fused-ring (bicyclic) bond motifs is 1. The highest BCUT2D eigenvalue weighted by molar-refractivity contribution is 7.94. The second-order valence-electron chi connectivity index (χ2n) is 6.41. The number of amides is 1. The van der Waals surface area contributed by atoms with Crippen molar-refractivity contribution in [1.29, 1.82) is 0 Å². The van der Waals surface area contributed by atoms with E-state index in [0.29, 0.717) is 23.8 Å². The Balaban J connectivity index is 1.53. The van der Waals surface area contributed by atoms with E-state index in [4.69, 9.17) is 11.6 Å². The van der Waals surface area contributed by atoms with Crippen molar-refractivity contribution in [3.63, 3.8) is 0 Å². The van der Waals surface area contributed by atoms with Crippen LogP contribution < -0.4 is 4.72 Å². The van der Waals surface area contributed by atoms with Gasteiger partial charge in [0, 0.05) is 34.6 Å². The highest BCUT2D eigenvalue weighted by Crippen LogP contribution is 2.36. The van der Waals surface area contributed by atoms with Crippen molar-refractivity contribution in [1.82, 2.24) is 4.90 Å². The fraction of sp³-hybridized carbons (Fsp3) is 0.353. The highest BCUT2D eigenvalue weighted by Gasteiger charge is 2.35. The van der Waals surface area contributed by atoms with Crippen LogP contribution in [-0.2, 0) is 27.8 Å². The number of anilines is 1. The molecule has 2 aliphatic rings. The van der Waals surface area contributed by atoms with Crippen LogP contribution in [0.1, 0.15) is 23.3 Å². The van der Waals surface area contributed by atoms with Gasteiger partial charge < -0.3 is 4.90 Å². The molecule has 2 heterocycles. The van der Waals surface area contributed by atoms with Gasteiger partial charge in [-0.15, -0.1) is 11.3 Å². The van der Waals surface area contributed by atoms with Crippen molar-refractivity contribution in [2.75, 3.05) is 11.3 Å². The summed E-state index contributed by atoms with van der Waals surface area (Å²) in [5.41, 5.74) is 1.42. The minimum atomic E-state index is -3.64. The number of thiophene rings is 1. The Morgan fingerprint density at radius 1 is 1.24 bits per heavy atom. The first kappa shape index (κ1) is 16.9. The number of hydrogen-bond donors (Lipinski definition) is 1.